The Balaban J connectivity index is 2.55. The average molecular weight is 327 g/mol. The Kier molecular flexibility index (Phi) is 6.86. The molecule has 23 heavy (non-hydrogen) atoms. The van der Waals surface area contributed by atoms with Gasteiger partial charge in [-0.25, -0.2) is 4.79 Å². The van der Waals surface area contributed by atoms with Crippen LogP contribution >= 0.6 is 0 Å². The zero-order chi connectivity index (χ0) is 17.8. The van der Waals surface area contributed by atoms with E-state index >= 15 is 0 Å². The fourth-order valence-electron chi connectivity index (χ4n) is 2.72. The number of likely N-dealkylation sites (N-methyl/N-ethyl adjacent to an activating group) is 1. The number of hydrogen-bond donors (Lipinski definition) is 1. The Morgan fingerprint density at radius 1 is 1.35 bits per heavy atom. The number of nitrogens with two attached hydrogens (primary N) is 1. The second-order valence-electron chi connectivity index (χ2n) is 7.92. The van der Waals surface area contributed by atoms with E-state index in [9.17, 15) is 9.59 Å². The van der Waals surface area contributed by atoms with Crippen LogP contribution in [0.1, 0.15) is 47.5 Å². The van der Waals surface area contributed by atoms with Crippen molar-refractivity contribution in [3.8, 4) is 0 Å². The number of ether oxygens (including phenoxy) is 1. The minimum absolute atomic E-state index is 0.0330. The summed E-state index contributed by atoms with van der Waals surface area (Å²) in [6, 6.07) is -0.467. The van der Waals surface area contributed by atoms with Crippen molar-refractivity contribution >= 4 is 12.0 Å². The molecule has 1 saturated heterocycles. The van der Waals surface area contributed by atoms with Gasteiger partial charge in [-0.15, -0.1) is 0 Å². The molecule has 0 radical (unpaired) electrons. The molecule has 2 unspecified atom stereocenters. The number of nitrogens with zero attached hydrogens (tertiary/aromatic N) is 2. The summed E-state index contributed by atoms with van der Waals surface area (Å²) in [4.78, 5) is 27.9. The fourth-order valence-corrected chi connectivity index (χ4v) is 2.72. The molecule has 0 aromatic rings. The van der Waals surface area contributed by atoms with Crippen molar-refractivity contribution in [1.82, 2.24) is 9.80 Å². The zero-order valence-corrected chi connectivity index (χ0v) is 15.5. The third-order valence-electron chi connectivity index (χ3n) is 4.08. The average Bonchev–Trinajstić information content (AvgIpc) is 2.44. The lowest BCUT2D eigenvalue weighted by Gasteiger charge is -2.36. The zero-order valence-electron chi connectivity index (χ0n) is 15.5. The molecule has 0 bridgehead atoms. The second kappa shape index (κ2) is 7.99. The van der Waals surface area contributed by atoms with Crippen LogP contribution < -0.4 is 5.73 Å². The molecule has 0 aliphatic carbocycles. The van der Waals surface area contributed by atoms with Gasteiger partial charge >= 0.3 is 6.09 Å². The van der Waals surface area contributed by atoms with Gasteiger partial charge < -0.3 is 20.3 Å². The quantitative estimate of drug-likeness (QED) is 0.857. The van der Waals surface area contributed by atoms with Crippen molar-refractivity contribution < 1.29 is 14.3 Å². The van der Waals surface area contributed by atoms with E-state index in [1.807, 2.05) is 34.6 Å². The van der Waals surface area contributed by atoms with E-state index in [0.29, 0.717) is 19.6 Å². The van der Waals surface area contributed by atoms with E-state index in [2.05, 4.69) is 0 Å². The van der Waals surface area contributed by atoms with Crippen LogP contribution in [0.3, 0.4) is 0 Å². The highest BCUT2D eigenvalue weighted by atomic mass is 16.6. The molecular weight excluding hydrogens is 294 g/mol. The standard InChI is InChI=1S/C17H33N3O3/c1-12(2)14(18)15(21)19(6)10-13-8-7-9-20(11-13)16(22)23-17(3,4)5/h12-14H,7-11,18H2,1-6H3. The SMILES string of the molecule is CC(C)C(N)C(=O)N(C)CC1CCCN(C(=O)OC(C)(C)C)C1. The smallest absolute Gasteiger partial charge is 0.410 e. The first kappa shape index (κ1) is 19.7. The van der Waals surface area contributed by atoms with E-state index in [-0.39, 0.29) is 23.8 Å². The van der Waals surface area contributed by atoms with Crippen molar-refractivity contribution in [2.45, 2.75) is 59.1 Å². The number of likely N-dealkylation sites (tertiary alicyclic amines) is 1. The molecule has 2 atom stereocenters. The molecule has 6 nitrogen and oxygen atoms in total. The number of hydrogen-bond acceptors (Lipinski definition) is 4. The Labute approximate surface area is 140 Å². The van der Waals surface area contributed by atoms with Gasteiger partial charge in [0.2, 0.25) is 5.91 Å². The van der Waals surface area contributed by atoms with Crippen molar-refractivity contribution in [2.75, 3.05) is 26.7 Å². The molecule has 1 fully saturated rings. The highest BCUT2D eigenvalue weighted by Crippen LogP contribution is 2.20. The van der Waals surface area contributed by atoms with Crippen LogP contribution in [-0.2, 0) is 9.53 Å². The Bertz CT molecular complexity index is 418. The van der Waals surface area contributed by atoms with Crippen LogP contribution in [0, 0.1) is 11.8 Å². The summed E-state index contributed by atoms with van der Waals surface area (Å²) < 4.78 is 5.43. The van der Waals surface area contributed by atoms with Crippen molar-refractivity contribution in [3.05, 3.63) is 0 Å². The van der Waals surface area contributed by atoms with E-state index in [0.717, 1.165) is 12.8 Å². The molecule has 0 aromatic heterocycles. The lowest BCUT2D eigenvalue weighted by molar-refractivity contribution is -0.133. The fraction of sp³-hybridized carbons (Fsp3) is 0.882. The normalized spacial score (nSPS) is 20.3. The predicted octanol–water partition coefficient (Wildman–Crippen LogP) is 2.08. The first-order chi connectivity index (χ1) is 10.5. The summed E-state index contributed by atoms with van der Waals surface area (Å²) in [6.45, 7) is 11.5. The number of piperidine rings is 1. The van der Waals surface area contributed by atoms with E-state index in [1.165, 1.54) is 0 Å². The molecule has 0 spiro atoms. The maximum Gasteiger partial charge on any atom is 0.410 e. The third-order valence-corrected chi connectivity index (χ3v) is 4.08. The third kappa shape index (κ3) is 6.37. The number of rotatable bonds is 4. The summed E-state index contributed by atoms with van der Waals surface area (Å²) in [5.41, 5.74) is 5.45. The minimum Gasteiger partial charge on any atom is -0.444 e. The Morgan fingerprint density at radius 3 is 2.48 bits per heavy atom. The summed E-state index contributed by atoms with van der Waals surface area (Å²) in [5.74, 6) is 0.355. The van der Waals surface area contributed by atoms with Gasteiger partial charge in [0.05, 0.1) is 6.04 Å². The number of carbonyl (C=O) groups is 2. The summed E-state index contributed by atoms with van der Waals surface area (Å²) in [6.07, 6.45) is 1.67. The molecule has 1 aliphatic rings. The first-order valence-corrected chi connectivity index (χ1v) is 8.49. The van der Waals surface area contributed by atoms with Gasteiger partial charge in [-0.3, -0.25) is 4.79 Å². The predicted molar refractivity (Wildman–Crippen MR) is 91.0 cm³/mol. The molecule has 2 N–H and O–H groups in total. The van der Waals surface area contributed by atoms with Crippen molar-refractivity contribution in [2.24, 2.45) is 17.6 Å². The number of carbonyl (C=O) groups excluding carboxylic acids is 2. The molecule has 0 saturated carbocycles. The lowest BCUT2D eigenvalue weighted by atomic mass is 9.97. The van der Waals surface area contributed by atoms with E-state index in [1.54, 1.807) is 16.8 Å². The van der Waals surface area contributed by atoms with Crippen LogP contribution in [0.5, 0.6) is 0 Å². The monoisotopic (exact) mass is 327 g/mol. The lowest BCUT2D eigenvalue weighted by Crippen LogP contribution is -2.49. The van der Waals surface area contributed by atoms with Gasteiger partial charge in [-0.05, 0) is 45.4 Å². The van der Waals surface area contributed by atoms with Crippen molar-refractivity contribution in [3.63, 3.8) is 0 Å². The van der Waals surface area contributed by atoms with Crippen LogP contribution in [0.15, 0.2) is 0 Å². The Hall–Kier alpha value is -1.30. The van der Waals surface area contributed by atoms with E-state index < -0.39 is 11.6 Å². The Morgan fingerprint density at radius 2 is 1.96 bits per heavy atom. The highest BCUT2D eigenvalue weighted by Gasteiger charge is 2.30. The van der Waals surface area contributed by atoms with Crippen LogP contribution in [-0.4, -0.2) is 60.1 Å². The van der Waals surface area contributed by atoms with Crippen LogP contribution in [0.2, 0.25) is 0 Å². The molecule has 134 valence electrons. The van der Waals surface area contributed by atoms with Gasteiger partial charge in [-0.1, -0.05) is 13.8 Å². The summed E-state index contributed by atoms with van der Waals surface area (Å²) in [7, 11) is 1.79. The largest absolute Gasteiger partial charge is 0.444 e. The summed E-state index contributed by atoms with van der Waals surface area (Å²) in [5, 5.41) is 0. The molecule has 1 heterocycles. The maximum atomic E-state index is 12.3. The highest BCUT2D eigenvalue weighted by molar-refractivity contribution is 5.81. The molecule has 0 aromatic carbocycles. The molecule has 1 rings (SSSR count). The van der Waals surface area contributed by atoms with Crippen molar-refractivity contribution in [1.29, 1.82) is 0 Å². The maximum absolute atomic E-state index is 12.3. The van der Waals surface area contributed by atoms with Gasteiger partial charge in [0.1, 0.15) is 5.60 Å². The minimum atomic E-state index is -0.485. The van der Waals surface area contributed by atoms with Gasteiger partial charge in [0.25, 0.3) is 0 Å². The molecule has 6 heteroatoms. The van der Waals surface area contributed by atoms with Gasteiger partial charge in [0.15, 0.2) is 0 Å². The molecule has 2 amide bonds. The molecule has 1 aliphatic heterocycles. The van der Waals surface area contributed by atoms with Gasteiger partial charge in [-0.2, -0.15) is 0 Å². The summed E-state index contributed by atoms with van der Waals surface area (Å²) >= 11 is 0. The second-order valence-corrected chi connectivity index (χ2v) is 7.92. The molecular formula is C17H33N3O3. The van der Waals surface area contributed by atoms with Crippen LogP contribution in [0.25, 0.3) is 0 Å². The first-order valence-electron chi connectivity index (χ1n) is 8.49. The van der Waals surface area contributed by atoms with Crippen LogP contribution in [0.4, 0.5) is 4.79 Å². The number of amides is 2. The van der Waals surface area contributed by atoms with E-state index in [4.69, 9.17) is 10.5 Å². The topological polar surface area (TPSA) is 75.9 Å². The van der Waals surface area contributed by atoms with Gasteiger partial charge in [0, 0.05) is 26.7 Å².